The Hall–Kier alpha value is -2.70. The van der Waals surface area contributed by atoms with Crippen LogP contribution in [0, 0.1) is 13.8 Å². The van der Waals surface area contributed by atoms with E-state index in [0.717, 1.165) is 12.1 Å². The third kappa shape index (κ3) is 4.58. The first-order valence-corrected chi connectivity index (χ1v) is 9.14. The minimum absolute atomic E-state index is 0.0391. The van der Waals surface area contributed by atoms with Crippen LogP contribution in [0.4, 0.5) is 18.9 Å². The maximum Gasteiger partial charge on any atom is 0.416 e. The van der Waals surface area contributed by atoms with Crippen LogP contribution in [0.2, 0.25) is 0 Å². The van der Waals surface area contributed by atoms with Gasteiger partial charge in [0.25, 0.3) is 5.91 Å². The summed E-state index contributed by atoms with van der Waals surface area (Å²) in [7, 11) is 0. The molecule has 7 heteroatoms. The molecule has 1 fully saturated rings. The van der Waals surface area contributed by atoms with Crippen molar-refractivity contribution in [2.45, 2.75) is 20.0 Å². The molecule has 2 aromatic rings. The van der Waals surface area contributed by atoms with Crippen molar-refractivity contribution in [3.05, 3.63) is 59.2 Å². The average molecular weight is 392 g/mol. The van der Waals surface area contributed by atoms with E-state index in [0.29, 0.717) is 26.2 Å². The summed E-state index contributed by atoms with van der Waals surface area (Å²) in [6, 6.07) is 10.7. The molecule has 0 atom stereocenters. The minimum Gasteiger partial charge on any atom is -0.484 e. The van der Waals surface area contributed by atoms with Crippen LogP contribution in [0.1, 0.15) is 16.7 Å². The van der Waals surface area contributed by atoms with Gasteiger partial charge in [0, 0.05) is 31.9 Å². The van der Waals surface area contributed by atoms with Gasteiger partial charge < -0.3 is 14.5 Å². The zero-order chi connectivity index (χ0) is 20.3. The van der Waals surface area contributed by atoms with Crippen LogP contribution in [0.5, 0.6) is 5.75 Å². The summed E-state index contributed by atoms with van der Waals surface area (Å²) >= 11 is 0. The zero-order valence-electron chi connectivity index (χ0n) is 15.9. The fourth-order valence-electron chi connectivity index (χ4n) is 3.27. The lowest BCUT2D eigenvalue weighted by Gasteiger charge is -2.37. The number of benzene rings is 2. The molecule has 4 nitrogen and oxygen atoms in total. The van der Waals surface area contributed by atoms with Crippen molar-refractivity contribution in [3.8, 4) is 5.75 Å². The van der Waals surface area contributed by atoms with Gasteiger partial charge in [-0.05, 0) is 49.2 Å². The van der Waals surface area contributed by atoms with Crippen molar-refractivity contribution in [1.82, 2.24) is 4.90 Å². The third-order valence-electron chi connectivity index (χ3n) is 5.07. The summed E-state index contributed by atoms with van der Waals surface area (Å²) in [6.45, 7) is 6.41. The van der Waals surface area contributed by atoms with Crippen LogP contribution in [0.15, 0.2) is 42.5 Å². The van der Waals surface area contributed by atoms with Gasteiger partial charge in [0.05, 0.1) is 5.56 Å². The van der Waals surface area contributed by atoms with Crippen molar-refractivity contribution in [2.75, 3.05) is 37.7 Å². The highest BCUT2D eigenvalue weighted by Crippen LogP contribution is 2.31. The van der Waals surface area contributed by atoms with Gasteiger partial charge in [-0.15, -0.1) is 0 Å². The fourth-order valence-corrected chi connectivity index (χ4v) is 3.27. The summed E-state index contributed by atoms with van der Waals surface area (Å²) in [5, 5.41) is 0. The Morgan fingerprint density at radius 3 is 2.39 bits per heavy atom. The van der Waals surface area contributed by atoms with Crippen molar-refractivity contribution in [1.29, 1.82) is 0 Å². The van der Waals surface area contributed by atoms with E-state index in [4.69, 9.17) is 4.74 Å². The molecule has 0 N–H and O–H groups in total. The predicted octanol–water partition coefficient (Wildman–Crippen LogP) is 4.05. The van der Waals surface area contributed by atoms with Crippen LogP contribution in [-0.2, 0) is 11.0 Å². The Balaban J connectivity index is 1.54. The van der Waals surface area contributed by atoms with E-state index in [2.05, 4.69) is 30.9 Å². The van der Waals surface area contributed by atoms with E-state index < -0.39 is 11.7 Å². The van der Waals surface area contributed by atoms with Crippen molar-refractivity contribution < 1.29 is 22.7 Å². The normalized spacial score (nSPS) is 14.9. The lowest BCUT2D eigenvalue weighted by atomic mass is 10.1. The number of rotatable bonds is 4. The molecule has 1 amide bonds. The summed E-state index contributed by atoms with van der Waals surface area (Å²) in [4.78, 5) is 16.3. The molecule has 1 aliphatic heterocycles. The molecular weight excluding hydrogens is 369 g/mol. The van der Waals surface area contributed by atoms with E-state index in [1.165, 1.54) is 28.9 Å². The summed E-state index contributed by atoms with van der Waals surface area (Å²) in [5.41, 5.74) is 2.84. The number of piperazine rings is 1. The van der Waals surface area contributed by atoms with E-state index in [9.17, 15) is 18.0 Å². The molecule has 1 aliphatic rings. The molecular formula is C21H23F3N2O2. The molecule has 3 rings (SSSR count). The Morgan fingerprint density at radius 1 is 1.04 bits per heavy atom. The van der Waals surface area contributed by atoms with Gasteiger partial charge >= 0.3 is 6.18 Å². The Bertz CT molecular complexity index is 844. The summed E-state index contributed by atoms with van der Waals surface area (Å²) in [5.74, 6) is -0.185. The lowest BCUT2D eigenvalue weighted by Crippen LogP contribution is -2.50. The van der Waals surface area contributed by atoms with Crippen LogP contribution >= 0.6 is 0 Å². The fraction of sp³-hybridized carbons (Fsp3) is 0.381. The zero-order valence-corrected chi connectivity index (χ0v) is 15.9. The maximum atomic E-state index is 12.8. The van der Waals surface area contributed by atoms with Gasteiger partial charge in [0.2, 0.25) is 0 Å². The molecule has 0 aromatic heterocycles. The standard InChI is InChI=1S/C21H23F3N2O2/c1-15-5-3-8-19(16(15)2)25-9-11-26(12-10-25)20(27)14-28-18-7-4-6-17(13-18)21(22,23)24/h3-8,13H,9-12,14H2,1-2H3. The van der Waals surface area contributed by atoms with E-state index >= 15 is 0 Å². The van der Waals surface area contributed by atoms with Gasteiger partial charge in [0.15, 0.2) is 6.61 Å². The largest absolute Gasteiger partial charge is 0.484 e. The maximum absolute atomic E-state index is 12.8. The molecule has 1 heterocycles. The van der Waals surface area contributed by atoms with Crippen molar-refractivity contribution in [3.63, 3.8) is 0 Å². The minimum atomic E-state index is -4.44. The number of carbonyl (C=O) groups is 1. The average Bonchev–Trinajstić information content (AvgIpc) is 2.68. The summed E-state index contributed by atoms with van der Waals surface area (Å²) < 4.78 is 43.6. The SMILES string of the molecule is Cc1cccc(N2CCN(C(=O)COc3cccc(C(F)(F)F)c3)CC2)c1C. The monoisotopic (exact) mass is 392 g/mol. The molecule has 0 radical (unpaired) electrons. The first kappa shape index (κ1) is 20.0. The van der Waals surface area contributed by atoms with Gasteiger partial charge in [-0.2, -0.15) is 13.2 Å². The van der Waals surface area contributed by atoms with Crippen LogP contribution in [0.25, 0.3) is 0 Å². The van der Waals surface area contributed by atoms with E-state index in [-0.39, 0.29) is 18.3 Å². The highest BCUT2D eigenvalue weighted by Gasteiger charge is 2.30. The number of ether oxygens (including phenoxy) is 1. The molecule has 2 aromatic carbocycles. The van der Waals surface area contributed by atoms with Crippen molar-refractivity contribution in [2.24, 2.45) is 0 Å². The first-order chi connectivity index (χ1) is 13.3. The molecule has 0 unspecified atom stereocenters. The van der Waals surface area contributed by atoms with E-state index in [1.54, 1.807) is 4.90 Å². The predicted molar refractivity (Wildman–Crippen MR) is 102 cm³/mol. The second-order valence-corrected chi connectivity index (χ2v) is 6.90. The smallest absolute Gasteiger partial charge is 0.416 e. The van der Waals surface area contributed by atoms with Gasteiger partial charge in [-0.3, -0.25) is 4.79 Å². The number of alkyl halides is 3. The highest BCUT2D eigenvalue weighted by atomic mass is 19.4. The van der Waals surface area contributed by atoms with E-state index in [1.807, 2.05) is 6.07 Å². The number of halogens is 3. The molecule has 1 saturated heterocycles. The number of carbonyl (C=O) groups excluding carboxylic acids is 1. The molecule has 28 heavy (non-hydrogen) atoms. The Morgan fingerprint density at radius 2 is 1.71 bits per heavy atom. The Labute approximate surface area is 162 Å². The molecule has 0 bridgehead atoms. The number of aryl methyl sites for hydroxylation is 1. The quantitative estimate of drug-likeness (QED) is 0.787. The van der Waals surface area contributed by atoms with Gasteiger partial charge in [-0.25, -0.2) is 0 Å². The number of anilines is 1. The molecule has 0 spiro atoms. The van der Waals surface area contributed by atoms with Crippen molar-refractivity contribution >= 4 is 11.6 Å². The van der Waals surface area contributed by atoms with Crippen LogP contribution < -0.4 is 9.64 Å². The highest BCUT2D eigenvalue weighted by molar-refractivity contribution is 5.78. The second kappa shape index (κ2) is 8.12. The Kier molecular flexibility index (Phi) is 5.82. The first-order valence-electron chi connectivity index (χ1n) is 9.14. The molecule has 150 valence electrons. The van der Waals surface area contributed by atoms with Crippen LogP contribution in [0.3, 0.4) is 0 Å². The number of amides is 1. The third-order valence-corrected chi connectivity index (χ3v) is 5.07. The van der Waals surface area contributed by atoms with Crippen LogP contribution in [-0.4, -0.2) is 43.6 Å². The summed E-state index contributed by atoms with van der Waals surface area (Å²) in [6.07, 6.45) is -4.44. The number of hydrogen-bond donors (Lipinski definition) is 0. The molecule has 0 aliphatic carbocycles. The van der Waals surface area contributed by atoms with Gasteiger partial charge in [0.1, 0.15) is 5.75 Å². The topological polar surface area (TPSA) is 32.8 Å². The number of hydrogen-bond acceptors (Lipinski definition) is 3. The second-order valence-electron chi connectivity index (χ2n) is 6.90. The number of nitrogens with zero attached hydrogens (tertiary/aromatic N) is 2. The van der Waals surface area contributed by atoms with Gasteiger partial charge in [-0.1, -0.05) is 18.2 Å². The molecule has 0 saturated carbocycles. The lowest BCUT2D eigenvalue weighted by molar-refractivity contribution is -0.137.